The summed E-state index contributed by atoms with van der Waals surface area (Å²) in [4.78, 5) is 12.8. The number of hydrogen-bond donors (Lipinski definition) is 1. The summed E-state index contributed by atoms with van der Waals surface area (Å²) < 4.78 is 28.3. The third-order valence-corrected chi connectivity index (χ3v) is 7.01. The molecule has 1 unspecified atom stereocenters. The summed E-state index contributed by atoms with van der Waals surface area (Å²) in [6.07, 6.45) is 4.07. The molecule has 5 nitrogen and oxygen atoms in total. The molecule has 1 aliphatic rings. The number of halogens is 1. The van der Waals surface area contributed by atoms with Gasteiger partial charge >= 0.3 is 0 Å². The maximum absolute atomic E-state index is 13.5. The number of amides is 1. The molecule has 1 fully saturated rings. The normalized spacial score (nSPS) is 18.4. The van der Waals surface area contributed by atoms with Crippen LogP contribution in [0.15, 0.2) is 65.1 Å². The summed E-state index contributed by atoms with van der Waals surface area (Å²) in [5, 5.41) is 3.31. The molecule has 1 saturated heterocycles. The number of nitrogens with one attached hydrogen (secondary N) is 1. The van der Waals surface area contributed by atoms with E-state index >= 15 is 0 Å². The molecule has 0 aliphatic carbocycles. The van der Waals surface area contributed by atoms with E-state index in [1.807, 2.05) is 43.3 Å². The Morgan fingerprint density at radius 2 is 1.83 bits per heavy atom. The van der Waals surface area contributed by atoms with Crippen molar-refractivity contribution in [1.29, 1.82) is 0 Å². The Hall–Kier alpha value is -2.15. The highest BCUT2D eigenvalue weighted by atomic mass is 35.5. The van der Waals surface area contributed by atoms with E-state index < -0.39 is 16.1 Å². The van der Waals surface area contributed by atoms with Gasteiger partial charge in [-0.15, -0.1) is 0 Å². The summed E-state index contributed by atoms with van der Waals surface area (Å²) in [6.45, 7) is 2.59. The van der Waals surface area contributed by atoms with Gasteiger partial charge in [0, 0.05) is 18.1 Å². The van der Waals surface area contributed by atoms with E-state index in [4.69, 9.17) is 11.6 Å². The molecule has 1 N–H and O–H groups in total. The Bertz CT molecular complexity index is 973. The summed E-state index contributed by atoms with van der Waals surface area (Å²) in [5.41, 5.74) is 1.84. The average Bonchev–Trinajstić information content (AvgIpc) is 2.91. The lowest BCUT2D eigenvalue weighted by atomic mass is 10.1. The second kappa shape index (κ2) is 9.57. The van der Waals surface area contributed by atoms with Gasteiger partial charge in [0.1, 0.15) is 6.04 Å². The van der Waals surface area contributed by atoms with Gasteiger partial charge in [0.2, 0.25) is 15.9 Å². The number of nitrogens with zero attached hydrogens (tertiary/aromatic N) is 1. The summed E-state index contributed by atoms with van der Waals surface area (Å²) in [5.74, 6) is -0.243. The monoisotopic (exact) mass is 432 g/mol. The van der Waals surface area contributed by atoms with Crippen LogP contribution in [-0.4, -0.2) is 37.8 Å². The molecule has 0 saturated carbocycles. The fraction of sp³-hybridized carbons (Fsp3) is 0.318. The van der Waals surface area contributed by atoms with Crippen molar-refractivity contribution >= 4 is 33.6 Å². The van der Waals surface area contributed by atoms with Crippen LogP contribution in [0, 0.1) is 0 Å². The van der Waals surface area contributed by atoms with E-state index in [1.54, 1.807) is 12.1 Å². The first-order valence-electron chi connectivity index (χ1n) is 9.65. The summed E-state index contributed by atoms with van der Waals surface area (Å²) in [6, 6.07) is 15.0. The lowest BCUT2D eigenvalue weighted by Crippen LogP contribution is -2.49. The first-order chi connectivity index (χ1) is 13.9. The molecule has 3 rings (SSSR count). The zero-order valence-electron chi connectivity index (χ0n) is 16.3. The number of carbonyl (C=O) groups excluding carboxylic acids is 1. The Balaban J connectivity index is 1.98. The summed E-state index contributed by atoms with van der Waals surface area (Å²) >= 11 is 5.93. The highest BCUT2D eigenvalue weighted by Crippen LogP contribution is 2.25. The standard InChI is InChI=1S/C22H25ClN2O3S/c1-17(15-18-7-3-2-4-8-18)16-25(21-9-5-6-14-24-22(21)26)29(27,28)20-12-10-19(23)11-13-20/h2-4,7-8,10-13,15,21H,5-6,9,14,16H2,1H3,(H,24,26). The van der Waals surface area contributed by atoms with Crippen molar-refractivity contribution < 1.29 is 13.2 Å². The van der Waals surface area contributed by atoms with Gasteiger partial charge < -0.3 is 5.32 Å². The molecule has 1 heterocycles. The second-order valence-electron chi connectivity index (χ2n) is 7.21. The van der Waals surface area contributed by atoms with Gasteiger partial charge in [-0.25, -0.2) is 8.42 Å². The topological polar surface area (TPSA) is 66.5 Å². The molecule has 2 aromatic rings. The largest absolute Gasteiger partial charge is 0.355 e. The van der Waals surface area contributed by atoms with E-state index in [1.165, 1.54) is 16.4 Å². The minimum Gasteiger partial charge on any atom is -0.355 e. The fourth-order valence-electron chi connectivity index (χ4n) is 3.43. The highest BCUT2D eigenvalue weighted by Gasteiger charge is 2.36. The number of sulfonamides is 1. The molecule has 0 radical (unpaired) electrons. The van der Waals surface area contributed by atoms with Crippen molar-refractivity contribution in [3.63, 3.8) is 0 Å². The molecule has 29 heavy (non-hydrogen) atoms. The average molecular weight is 433 g/mol. The molecule has 1 atom stereocenters. The van der Waals surface area contributed by atoms with Gasteiger partial charge in [0.15, 0.2) is 0 Å². The van der Waals surface area contributed by atoms with Crippen LogP contribution in [0.3, 0.4) is 0 Å². The van der Waals surface area contributed by atoms with Crippen molar-refractivity contribution in [3.05, 3.63) is 70.8 Å². The van der Waals surface area contributed by atoms with Crippen LogP contribution in [0.5, 0.6) is 0 Å². The SMILES string of the molecule is CC(=Cc1ccccc1)CN(C1CCCCNC1=O)S(=O)(=O)c1ccc(Cl)cc1. The molecule has 0 spiro atoms. The molecule has 1 aliphatic heterocycles. The van der Waals surface area contributed by atoms with Gasteiger partial charge in [-0.2, -0.15) is 4.31 Å². The van der Waals surface area contributed by atoms with E-state index in [9.17, 15) is 13.2 Å². The molecule has 7 heteroatoms. The quantitative estimate of drug-likeness (QED) is 0.747. The predicted molar refractivity (Wildman–Crippen MR) is 116 cm³/mol. The Morgan fingerprint density at radius 1 is 1.14 bits per heavy atom. The van der Waals surface area contributed by atoms with Crippen LogP contribution < -0.4 is 5.32 Å². The Kier molecular flexibility index (Phi) is 7.11. The number of carbonyl (C=O) groups is 1. The maximum Gasteiger partial charge on any atom is 0.244 e. The van der Waals surface area contributed by atoms with Crippen molar-refractivity contribution in [2.24, 2.45) is 0 Å². The fourth-order valence-corrected chi connectivity index (χ4v) is 5.21. The van der Waals surface area contributed by atoms with Gasteiger partial charge in [-0.05, 0) is 56.0 Å². The van der Waals surface area contributed by atoms with Gasteiger partial charge in [-0.3, -0.25) is 4.79 Å². The Morgan fingerprint density at radius 3 is 2.52 bits per heavy atom. The van der Waals surface area contributed by atoms with Gasteiger partial charge in [0.05, 0.1) is 4.90 Å². The zero-order valence-corrected chi connectivity index (χ0v) is 17.9. The van der Waals surface area contributed by atoms with E-state index in [2.05, 4.69) is 5.32 Å². The number of rotatable bonds is 6. The van der Waals surface area contributed by atoms with Crippen molar-refractivity contribution in [3.8, 4) is 0 Å². The predicted octanol–water partition coefficient (Wildman–Crippen LogP) is 4.10. The Labute approximate surface area is 177 Å². The van der Waals surface area contributed by atoms with E-state index in [0.717, 1.165) is 24.0 Å². The van der Waals surface area contributed by atoms with Gasteiger partial charge in [-0.1, -0.05) is 53.6 Å². The van der Waals surface area contributed by atoms with Gasteiger partial charge in [0.25, 0.3) is 0 Å². The third kappa shape index (κ3) is 5.47. The zero-order chi connectivity index (χ0) is 20.9. The molecular formula is C22H25ClN2O3S. The third-order valence-electron chi connectivity index (χ3n) is 4.89. The minimum absolute atomic E-state index is 0.131. The molecule has 154 valence electrons. The highest BCUT2D eigenvalue weighted by molar-refractivity contribution is 7.89. The van der Waals surface area contributed by atoms with Crippen molar-refractivity contribution in [1.82, 2.24) is 9.62 Å². The maximum atomic E-state index is 13.5. The molecular weight excluding hydrogens is 408 g/mol. The van der Waals surface area contributed by atoms with Crippen LogP contribution in [0.2, 0.25) is 5.02 Å². The smallest absolute Gasteiger partial charge is 0.244 e. The lowest BCUT2D eigenvalue weighted by Gasteiger charge is -2.29. The van der Waals surface area contributed by atoms with E-state index in [-0.39, 0.29) is 17.3 Å². The van der Waals surface area contributed by atoms with E-state index in [0.29, 0.717) is 18.0 Å². The van der Waals surface area contributed by atoms with Crippen LogP contribution in [0.4, 0.5) is 0 Å². The van der Waals surface area contributed by atoms with Crippen LogP contribution >= 0.6 is 11.6 Å². The van der Waals surface area contributed by atoms with Crippen molar-refractivity contribution in [2.75, 3.05) is 13.1 Å². The van der Waals surface area contributed by atoms with Crippen LogP contribution in [0.1, 0.15) is 31.7 Å². The van der Waals surface area contributed by atoms with Crippen LogP contribution in [-0.2, 0) is 14.8 Å². The van der Waals surface area contributed by atoms with Crippen LogP contribution in [0.25, 0.3) is 6.08 Å². The molecule has 0 bridgehead atoms. The lowest BCUT2D eigenvalue weighted by molar-refractivity contribution is -0.124. The first kappa shape index (κ1) is 21.6. The second-order valence-corrected chi connectivity index (χ2v) is 9.54. The summed E-state index contributed by atoms with van der Waals surface area (Å²) in [7, 11) is -3.88. The minimum atomic E-state index is -3.88. The first-order valence-corrected chi connectivity index (χ1v) is 11.5. The molecule has 2 aromatic carbocycles. The molecule has 0 aromatic heterocycles. The number of benzene rings is 2. The number of hydrogen-bond acceptors (Lipinski definition) is 3. The molecule has 1 amide bonds. The van der Waals surface area contributed by atoms with Crippen molar-refractivity contribution in [2.45, 2.75) is 37.1 Å².